The van der Waals surface area contributed by atoms with Gasteiger partial charge >= 0.3 is 0 Å². The van der Waals surface area contributed by atoms with Gasteiger partial charge in [-0.3, -0.25) is 9.89 Å². The highest BCUT2D eigenvalue weighted by molar-refractivity contribution is 5.92. The normalized spacial score (nSPS) is 16.4. The number of aliphatic imine (C=N–C) groups is 1. The second-order valence-electron chi connectivity index (χ2n) is 6.93. The number of nitrogens with one attached hydrogen (secondary N) is 1. The summed E-state index contributed by atoms with van der Waals surface area (Å²) in [5.74, 6) is 2.11. The zero-order valence-electron chi connectivity index (χ0n) is 16.7. The zero-order chi connectivity index (χ0) is 19.8. The molecule has 0 saturated carbocycles. The Morgan fingerprint density at radius 2 is 1.75 bits per heavy atom. The minimum Gasteiger partial charge on any atom is -0.497 e. The molecule has 0 aliphatic carbocycles. The Morgan fingerprint density at radius 1 is 1.04 bits per heavy atom. The van der Waals surface area contributed by atoms with Crippen molar-refractivity contribution in [3.8, 4) is 11.5 Å². The van der Waals surface area contributed by atoms with E-state index in [-0.39, 0.29) is 6.04 Å². The van der Waals surface area contributed by atoms with Crippen molar-refractivity contribution >= 4 is 11.6 Å². The lowest BCUT2D eigenvalue weighted by Gasteiger charge is -2.34. The van der Waals surface area contributed by atoms with E-state index in [1.54, 1.807) is 14.2 Å². The molecule has 1 fully saturated rings. The molecule has 1 heterocycles. The molecule has 0 radical (unpaired) electrons. The third-order valence-corrected chi connectivity index (χ3v) is 5.13. The van der Waals surface area contributed by atoms with Gasteiger partial charge in [0, 0.05) is 11.3 Å². The smallest absolute Gasteiger partial charge is 0.193 e. The van der Waals surface area contributed by atoms with E-state index < -0.39 is 0 Å². The first-order valence-electron chi connectivity index (χ1n) is 9.79. The zero-order valence-corrected chi connectivity index (χ0v) is 16.7. The van der Waals surface area contributed by atoms with E-state index in [1.807, 2.05) is 36.4 Å². The number of guanidine groups is 1. The fourth-order valence-electron chi connectivity index (χ4n) is 3.63. The van der Waals surface area contributed by atoms with Crippen molar-refractivity contribution in [1.82, 2.24) is 4.90 Å². The highest BCUT2D eigenvalue weighted by Gasteiger charge is 2.24. The van der Waals surface area contributed by atoms with Gasteiger partial charge in [0.1, 0.15) is 11.5 Å². The monoisotopic (exact) mass is 382 g/mol. The predicted octanol–water partition coefficient (Wildman–Crippen LogP) is 3.66. The third-order valence-electron chi connectivity index (χ3n) is 5.13. The number of hydrogen-bond acceptors (Lipinski definition) is 4. The number of methoxy groups -OCH3 is 2. The van der Waals surface area contributed by atoms with Crippen molar-refractivity contribution < 1.29 is 9.47 Å². The summed E-state index contributed by atoms with van der Waals surface area (Å²) in [6, 6.07) is 16.0. The molecular weight excluding hydrogens is 352 g/mol. The molecular formula is C22H30N4O2. The fourth-order valence-corrected chi connectivity index (χ4v) is 3.63. The highest BCUT2D eigenvalue weighted by atomic mass is 16.5. The minimum absolute atomic E-state index is 0.146. The molecule has 150 valence electrons. The Hall–Kier alpha value is -2.73. The Labute approximate surface area is 167 Å². The van der Waals surface area contributed by atoms with E-state index in [4.69, 9.17) is 15.2 Å². The lowest BCUT2D eigenvalue weighted by molar-refractivity contribution is 0.165. The SMILES string of the molecule is COc1ccc(NC(N)=NCC(c2ccccc2OC)N2CCCCC2)cc1. The van der Waals surface area contributed by atoms with Crippen LogP contribution in [0.2, 0.25) is 0 Å². The predicted molar refractivity (Wildman–Crippen MR) is 114 cm³/mol. The van der Waals surface area contributed by atoms with Crippen LogP contribution in [0.25, 0.3) is 0 Å². The quantitative estimate of drug-likeness (QED) is 0.565. The summed E-state index contributed by atoms with van der Waals surface area (Å²) in [5.41, 5.74) is 8.20. The Balaban J connectivity index is 1.75. The first-order chi connectivity index (χ1) is 13.7. The summed E-state index contributed by atoms with van der Waals surface area (Å²) < 4.78 is 10.8. The molecule has 0 spiro atoms. The van der Waals surface area contributed by atoms with E-state index in [9.17, 15) is 0 Å². The van der Waals surface area contributed by atoms with Gasteiger partial charge in [-0.1, -0.05) is 24.6 Å². The summed E-state index contributed by atoms with van der Waals surface area (Å²) in [6.07, 6.45) is 3.73. The standard InChI is InChI=1S/C22H30N4O2/c1-27-18-12-10-17(11-13-18)25-22(23)24-16-20(26-14-6-3-7-15-26)19-8-4-5-9-21(19)28-2/h4-5,8-13,20H,3,6-7,14-16H2,1-2H3,(H3,23,24,25). The molecule has 1 aliphatic rings. The van der Waals surface area contributed by atoms with Gasteiger partial charge in [0.05, 0.1) is 26.8 Å². The maximum atomic E-state index is 6.16. The van der Waals surface area contributed by atoms with Crippen molar-refractivity contribution in [2.75, 3.05) is 39.2 Å². The molecule has 1 unspecified atom stereocenters. The van der Waals surface area contributed by atoms with Crippen molar-refractivity contribution in [2.45, 2.75) is 25.3 Å². The van der Waals surface area contributed by atoms with Gasteiger partial charge in [-0.25, -0.2) is 0 Å². The first kappa shape index (κ1) is 20.0. The summed E-state index contributed by atoms with van der Waals surface area (Å²) in [5, 5.41) is 3.15. The molecule has 6 heteroatoms. The number of benzene rings is 2. The van der Waals surface area contributed by atoms with Crippen LogP contribution in [-0.4, -0.2) is 44.7 Å². The fraction of sp³-hybridized carbons (Fsp3) is 0.409. The van der Waals surface area contributed by atoms with Crippen molar-refractivity contribution in [3.05, 3.63) is 54.1 Å². The number of para-hydroxylation sites is 1. The van der Waals surface area contributed by atoms with Crippen molar-refractivity contribution in [1.29, 1.82) is 0 Å². The first-order valence-corrected chi connectivity index (χ1v) is 9.79. The topological polar surface area (TPSA) is 72.1 Å². The summed E-state index contributed by atoms with van der Waals surface area (Å²) in [6.45, 7) is 2.73. The number of piperidine rings is 1. The molecule has 2 aromatic rings. The van der Waals surface area contributed by atoms with Crippen LogP contribution >= 0.6 is 0 Å². The van der Waals surface area contributed by atoms with Gasteiger partial charge in [-0.2, -0.15) is 0 Å². The molecule has 0 amide bonds. The van der Waals surface area contributed by atoms with E-state index in [1.165, 1.54) is 19.3 Å². The number of hydrogen-bond donors (Lipinski definition) is 2. The van der Waals surface area contributed by atoms with Crippen molar-refractivity contribution in [3.63, 3.8) is 0 Å². The van der Waals surface area contributed by atoms with Crippen LogP contribution in [-0.2, 0) is 0 Å². The van der Waals surface area contributed by atoms with Crippen LogP contribution in [0.5, 0.6) is 11.5 Å². The third kappa shape index (κ3) is 5.16. The highest BCUT2D eigenvalue weighted by Crippen LogP contribution is 2.31. The van der Waals surface area contributed by atoms with Gasteiger partial charge in [0.15, 0.2) is 5.96 Å². The molecule has 1 aliphatic heterocycles. The molecule has 28 heavy (non-hydrogen) atoms. The molecule has 1 atom stereocenters. The van der Waals surface area contributed by atoms with Gasteiger partial charge in [0.2, 0.25) is 0 Å². The van der Waals surface area contributed by atoms with Gasteiger partial charge in [0.25, 0.3) is 0 Å². The second-order valence-corrected chi connectivity index (χ2v) is 6.93. The van der Waals surface area contributed by atoms with E-state index in [0.717, 1.165) is 35.8 Å². The number of likely N-dealkylation sites (tertiary alicyclic amines) is 1. The van der Waals surface area contributed by atoms with Crippen LogP contribution in [0.3, 0.4) is 0 Å². The summed E-state index contributed by atoms with van der Waals surface area (Å²) in [4.78, 5) is 7.14. The number of nitrogens with two attached hydrogens (primary N) is 1. The van der Waals surface area contributed by atoms with Gasteiger partial charge < -0.3 is 20.5 Å². The molecule has 1 saturated heterocycles. The average molecular weight is 383 g/mol. The maximum Gasteiger partial charge on any atom is 0.193 e. The van der Waals surface area contributed by atoms with E-state index >= 15 is 0 Å². The molecule has 6 nitrogen and oxygen atoms in total. The summed E-state index contributed by atoms with van der Waals surface area (Å²) >= 11 is 0. The number of nitrogens with zero attached hydrogens (tertiary/aromatic N) is 2. The maximum absolute atomic E-state index is 6.16. The van der Waals surface area contributed by atoms with Crippen LogP contribution in [0.15, 0.2) is 53.5 Å². The summed E-state index contributed by atoms with van der Waals surface area (Å²) in [7, 11) is 3.37. The molecule has 0 bridgehead atoms. The van der Waals surface area contributed by atoms with E-state index in [0.29, 0.717) is 12.5 Å². The van der Waals surface area contributed by atoms with E-state index in [2.05, 4.69) is 27.3 Å². The average Bonchev–Trinajstić information content (AvgIpc) is 2.75. The van der Waals surface area contributed by atoms with Crippen LogP contribution < -0.4 is 20.5 Å². The lowest BCUT2D eigenvalue weighted by atomic mass is 10.0. The second kappa shape index (κ2) is 9.99. The molecule has 3 N–H and O–H groups in total. The molecule has 3 rings (SSSR count). The number of ether oxygens (including phenoxy) is 2. The molecule has 2 aromatic carbocycles. The Morgan fingerprint density at radius 3 is 2.43 bits per heavy atom. The molecule has 0 aromatic heterocycles. The van der Waals surface area contributed by atoms with Crippen LogP contribution in [0.1, 0.15) is 30.9 Å². The van der Waals surface area contributed by atoms with Crippen LogP contribution in [0, 0.1) is 0 Å². The van der Waals surface area contributed by atoms with Gasteiger partial charge in [-0.15, -0.1) is 0 Å². The largest absolute Gasteiger partial charge is 0.497 e. The van der Waals surface area contributed by atoms with Gasteiger partial charge in [-0.05, 0) is 56.3 Å². The number of anilines is 1. The van der Waals surface area contributed by atoms with Crippen molar-refractivity contribution in [2.24, 2.45) is 10.7 Å². The lowest BCUT2D eigenvalue weighted by Crippen LogP contribution is -2.36. The Kier molecular flexibility index (Phi) is 7.14. The Bertz CT molecular complexity index is 770. The van der Waals surface area contributed by atoms with Crippen LogP contribution in [0.4, 0.5) is 5.69 Å². The minimum atomic E-state index is 0.146. The number of rotatable bonds is 7.